The van der Waals surface area contributed by atoms with Gasteiger partial charge in [0, 0.05) is 33.8 Å². The van der Waals surface area contributed by atoms with E-state index < -0.39 is 0 Å². The van der Waals surface area contributed by atoms with Crippen LogP contribution in [0.1, 0.15) is 33.4 Å². The Labute approximate surface area is 389 Å². The van der Waals surface area contributed by atoms with Crippen molar-refractivity contribution in [1.29, 1.82) is 0 Å². The van der Waals surface area contributed by atoms with Gasteiger partial charge in [0.1, 0.15) is 0 Å². The molecule has 0 radical (unpaired) electrons. The maximum atomic E-state index is 2.39. The van der Waals surface area contributed by atoms with E-state index in [4.69, 9.17) is 0 Å². The van der Waals surface area contributed by atoms with Gasteiger partial charge in [0.15, 0.2) is 0 Å². The summed E-state index contributed by atoms with van der Waals surface area (Å²) in [5.74, 6) is 0. The van der Waals surface area contributed by atoms with Crippen LogP contribution in [0, 0.1) is 13.8 Å². The van der Waals surface area contributed by atoms with Crippen molar-refractivity contribution in [3.63, 3.8) is 0 Å². The van der Waals surface area contributed by atoms with E-state index in [0.717, 1.165) is 50.8 Å². The molecule has 10 rings (SSSR count). The summed E-state index contributed by atoms with van der Waals surface area (Å²) in [6.07, 6.45) is 8.73. The maximum absolute atomic E-state index is 2.39. The summed E-state index contributed by atoms with van der Waals surface area (Å²) in [7, 11) is 0. The SMILES string of the molecule is Cc1cccc(C=Cc2ccc(N(c3ccccc3)c3ccc(-c4ccc(N(c5ccc(C=Cc6cccc(C)c6)cc5)c5ccc(-c6ccccc6)cc5)c5ccccc45)cc3)cc2)c1. The molecule has 2 heteroatoms. The minimum atomic E-state index is 1.09. The van der Waals surface area contributed by atoms with Gasteiger partial charge in [0.2, 0.25) is 0 Å². The number of fused-ring (bicyclic) bond motifs is 1. The lowest BCUT2D eigenvalue weighted by molar-refractivity contribution is 1.28. The lowest BCUT2D eigenvalue weighted by atomic mass is 9.96. The molecule has 10 aromatic rings. The topological polar surface area (TPSA) is 6.48 Å². The van der Waals surface area contributed by atoms with Crippen LogP contribution in [0.5, 0.6) is 0 Å². The molecule has 0 aliphatic heterocycles. The van der Waals surface area contributed by atoms with Crippen LogP contribution in [0.2, 0.25) is 0 Å². The van der Waals surface area contributed by atoms with Crippen LogP contribution >= 0.6 is 0 Å². The third kappa shape index (κ3) is 9.26. The van der Waals surface area contributed by atoms with Crippen molar-refractivity contribution in [2.75, 3.05) is 9.80 Å². The van der Waals surface area contributed by atoms with Gasteiger partial charge in [0.05, 0.1) is 5.69 Å². The van der Waals surface area contributed by atoms with E-state index in [-0.39, 0.29) is 0 Å². The van der Waals surface area contributed by atoms with E-state index in [0.29, 0.717) is 0 Å². The zero-order valence-electron chi connectivity index (χ0n) is 37.3. The predicted molar refractivity (Wildman–Crippen MR) is 284 cm³/mol. The second kappa shape index (κ2) is 19.1. The minimum absolute atomic E-state index is 1.09. The summed E-state index contributed by atoms with van der Waals surface area (Å²) in [5, 5.41) is 2.37. The molecule has 0 saturated carbocycles. The highest BCUT2D eigenvalue weighted by Gasteiger charge is 2.19. The van der Waals surface area contributed by atoms with Gasteiger partial charge < -0.3 is 9.80 Å². The molecular weight excluding hydrogens is 797 g/mol. The van der Waals surface area contributed by atoms with Crippen molar-refractivity contribution >= 4 is 69.2 Å². The highest BCUT2D eigenvalue weighted by atomic mass is 15.1. The molecular formula is C64H50N2. The predicted octanol–water partition coefficient (Wildman–Crippen LogP) is 18.1. The second-order valence-corrected chi connectivity index (χ2v) is 16.8. The lowest BCUT2D eigenvalue weighted by Gasteiger charge is -2.28. The zero-order chi connectivity index (χ0) is 44.7. The Bertz CT molecular complexity index is 3280. The van der Waals surface area contributed by atoms with Gasteiger partial charge in [-0.15, -0.1) is 0 Å². The number of benzene rings is 10. The molecule has 0 aliphatic rings. The van der Waals surface area contributed by atoms with E-state index >= 15 is 0 Å². The molecule has 66 heavy (non-hydrogen) atoms. The first-order valence-electron chi connectivity index (χ1n) is 22.7. The number of para-hydroxylation sites is 1. The quantitative estimate of drug-likeness (QED) is 0.113. The molecule has 0 unspecified atom stereocenters. The number of anilines is 6. The zero-order valence-corrected chi connectivity index (χ0v) is 37.3. The summed E-state index contributed by atoms with van der Waals surface area (Å²) >= 11 is 0. The fourth-order valence-corrected chi connectivity index (χ4v) is 8.81. The lowest BCUT2D eigenvalue weighted by Crippen LogP contribution is -2.10. The number of rotatable bonds is 12. The van der Waals surface area contributed by atoms with E-state index in [2.05, 4.69) is 291 Å². The molecule has 0 saturated heterocycles. The largest absolute Gasteiger partial charge is 0.311 e. The van der Waals surface area contributed by atoms with Crippen molar-refractivity contribution < 1.29 is 0 Å². The number of aryl methyl sites for hydroxylation is 2. The Morgan fingerprint density at radius 1 is 0.273 bits per heavy atom. The summed E-state index contributed by atoms with van der Waals surface area (Å²) in [6.45, 7) is 4.26. The molecule has 0 fully saturated rings. The second-order valence-electron chi connectivity index (χ2n) is 16.8. The molecule has 0 aromatic heterocycles. The highest BCUT2D eigenvalue weighted by Crippen LogP contribution is 2.43. The van der Waals surface area contributed by atoms with Crippen LogP contribution in [0.3, 0.4) is 0 Å². The number of hydrogen-bond donors (Lipinski definition) is 0. The molecule has 0 heterocycles. The van der Waals surface area contributed by atoms with Crippen LogP contribution in [0.15, 0.2) is 243 Å². The van der Waals surface area contributed by atoms with Gasteiger partial charge in [-0.05, 0) is 130 Å². The Morgan fingerprint density at radius 3 is 1.21 bits per heavy atom. The van der Waals surface area contributed by atoms with Crippen molar-refractivity contribution in [1.82, 2.24) is 0 Å². The molecule has 2 nitrogen and oxygen atoms in total. The van der Waals surface area contributed by atoms with Crippen LogP contribution < -0.4 is 9.80 Å². The Balaban J connectivity index is 0.991. The average molecular weight is 847 g/mol. The molecule has 316 valence electrons. The molecule has 0 aliphatic carbocycles. The first-order chi connectivity index (χ1) is 32.5. The normalized spacial score (nSPS) is 11.4. The molecule has 0 bridgehead atoms. The molecule has 0 atom stereocenters. The van der Waals surface area contributed by atoms with E-state index in [1.165, 1.54) is 49.7 Å². The third-order valence-corrected chi connectivity index (χ3v) is 12.1. The standard InChI is InChI=1S/C64H50N2/c1-47-13-11-15-51(45-47)25-23-49-27-35-57(36-28-49)65(56-19-7-4-8-20-56)58-41-33-55(34-42-58)61-43-44-64(63-22-10-9-21-62(61)63)66(60-39-31-54(32-40-60)53-17-5-3-6-18-53)59-37-29-50(30-38-59)24-26-52-16-12-14-48(2)46-52/h3-46H,1-2H3. The third-order valence-electron chi connectivity index (χ3n) is 12.1. The first kappa shape index (κ1) is 41.5. The summed E-state index contributed by atoms with van der Waals surface area (Å²) in [4.78, 5) is 4.71. The number of nitrogens with zero attached hydrogens (tertiary/aromatic N) is 2. The highest BCUT2D eigenvalue weighted by molar-refractivity contribution is 6.06. The molecule has 0 amide bonds. The van der Waals surface area contributed by atoms with Gasteiger partial charge in [0.25, 0.3) is 0 Å². The van der Waals surface area contributed by atoms with Crippen molar-refractivity contribution in [3.05, 3.63) is 276 Å². The van der Waals surface area contributed by atoms with Gasteiger partial charge >= 0.3 is 0 Å². The molecule has 0 N–H and O–H groups in total. The van der Waals surface area contributed by atoms with Gasteiger partial charge in [-0.25, -0.2) is 0 Å². The first-order valence-corrected chi connectivity index (χ1v) is 22.7. The summed E-state index contributed by atoms with van der Waals surface area (Å²) in [5.41, 5.74) is 18.6. The van der Waals surface area contributed by atoms with Crippen molar-refractivity contribution in [2.24, 2.45) is 0 Å². The average Bonchev–Trinajstić information content (AvgIpc) is 3.37. The Morgan fingerprint density at radius 2 is 0.682 bits per heavy atom. The Hall–Kier alpha value is -8.46. The fourth-order valence-electron chi connectivity index (χ4n) is 8.81. The van der Waals surface area contributed by atoms with Gasteiger partial charge in [-0.1, -0.05) is 211 Å². The summed E-state index contributed by atoms with van der Waals surface area (Å²) in [6, 6.07) is 87.4. The summed E-state index contributed by atoms with van der Waals surface area (Å²) < 4.78 is 0. The van der Waals surface area contributed by atoms with Gasteiger partial charge in [-0.2, -0.15) is 0 Å². The van der Waals surface area contributed by atoms with Crippen molar-refractivity contribution in [2.45, 2.75) is 13.8 Å². The fraction of sp³-hybridized carbons (Fsp3) is 0.0312. The van der Waals surface area contributed by atoms with E-state index in [9.17, 15) is 0 Å². The smallest absolute Gasteiger partial charge is 0.0540 e. The van der Waals surface area contributed by atoms with Crippen LogP contribution in [0.4, 0.5) is 34.1 Å². The monoisotopic (exact) mass is 846 g/mol. The van der Waals surface area contributed by atoms with Gasteiger partial charge in [-0.3, -0.25) is 0 Å². The maximum Gasteiger partial charge on any atom is 0.0540 e. The number of hydrogen-bond acceptors (Lipinski definition) is 2. The minimum Gasteiger partial charge on any atom is -0.311 e. The Kier molecular flexibility index (Phi) is 12.0. The van der Waals surface area contributed by atoms with Crippen LogP contribution in [0.25, 0.3) is 57.3 Å². The van der Waals surface area contributed by atoms with Crippen LogP contribution in [-0.2, 0) is 0 Å². The van der Waals surface area contributed by atoms with Crippen molar-refractivity contribution in [3.8, 4) is 22.3 Å². The molecule has 10 aromatic carbocycles. The van der Waals surface area contributed by atoms with Crippen LogP contribution in [-0.4, -0.2) is 0 Å². The molecule has 0 spiro atoms. The van der Waals surface area contributed by atoms with E-state index in [1.54, 1.807) is 0 Å². The van der Waals surface area contributed by atoms with E-state index in [1.807, 2.05) is 0 Å².